The third-order valence-electron chi connectivity index (χ3n) is 17.3. The Labute approximate surface area is 493 Å². The van der Waals surface area contributed by atoms with Crippen LogP contribution >= 0.6 is 0 Å². The molecule has 12 bridgehead atoms. The summed E-state index contributed by atoms with van der Waals surface area (Å²) in [5, 5.41) is 0. The maximum absolute atomic E-state index is 16.4. The number of aliphatic imine (C=N–C) groups is 4. The molecule has 2 fully saturated rings. The van der Waals surface area contributed by atoms with Gasteiger partial charge in [0, 0.05) is 45.1 Å². The highest BCUT2D eigenvalue weighted by Crippen LogP contribution is 2.50. The number of rotatable bonds is 4. The number of nitrogens with zero attached hydrogens (tertiary/aromatic N) is 4. The molecule has 2 N–H and O–H groups in total. The summed E-state index contributed by atoms with van der Waals surface area (Å²) < 4.78 is 314. The smallest absolute Gasteiger partial charge is 0.200 e. The summed E-state index contributed by atoms with van der Waals surface area (Å²) in [5.74, 6) is -49.5. The first-order valence-corrected chi connectivity index (χ1v) is 27.4. The Morgan fingerprint density at radius 3 is 0.822 bits per heavy atom. The Hall–Kier alpha value is -9.36. The van der Waals surface area contributed by atoms with Crippen LogP contribution in [0.15, 0.2) is 116 Å². The predicted octanol–water partition coefficient (Wildman–Crippen LogP) is 17.7. The summed E-state index contributed by atoms with van der Waals surface area (Å²) in [7, 11) is 0. The van der Waals surface area contributed by atoms with Crippen molar-refractivity contribution >= 4 is 45.1 Å². The van der Waals surface area contributed by atoms with Gasteiger partial charge >= 0.3 is 0 Å². The normalized spacial score (nSPS) is 21.7. The molecule has 4 aromatic carbocycles. The maximum atomic E-state index is 16.4. The van der Waals surface area contributed by atoms with Crippen molar-refractivity contribution in [3.8, 4) is 0 Å². The quantitative estimate of drug-likeness (QED) is 0.100. The molecule has 2 aromatic heterocycles. The molecule has 5 aliphatic heterocycles. The number of aromatic amines is 2. The van der Waals surface area contributed by atoms with E-state index in [2.05, 4.69) is 29.9 Å². The number of halogens is 20. The van der Waals surface area contributed by atoms with E-state index in [0.29, 0.717) is 38.5 Å². The van der Waals surface area contributed by atoms with Crippen LogP contribution in [0.3, 0.4) is 0 Å². The third kappa shape index (κ3) is 8.76. The molecular formula is C64H34F20N6. The van der Waals surface area contributed by atoms with E-state index in [9.17, 15) is 17.6 Å². The number of hydrogen-bond donors (Lipinski definition) is 2. The van der Waals surface area contributed by atoms with Crippen LogP contribution in [0.1, 0.15) is 109 Å². The van der Waals surface area contributed by atoms with Crippen LogP contribution < -0.4 is 0 Å². The van der Waals surface area contributed by atoms with E-state index in [4.69, 9.17) is 0 Å². The van der Waals surface area contributed by atoms with Gasteiger partial charge in [-0.2, -0.15) is 0 Å². The lowest BCUT2D eigenvalue weighted by molar-refractivity contribution is 0.333. The molecule has 0 unspecified atom stereocenters. The monoisotopic (exact) mass is 1270 g/mol. The first kappa shape index (κ1) is 59.6. The molecule has 2 saturated carbocycles. The minimum absolute atomic E-state index is 0.0191. The van der Waals surface area contributed by atoms with Gasteiger partial charge < -0.3 is 9.97 Å². The molecule has 460 valence electrons. The van der Waals surface area contributed by atoms with Gasteiger partial charge in [-0.15, -0.1) is 0 Å². The lowest BCUT2D eigenvalue weighted by atomic mass is 9.67. The van der Waals surface area contributed by atoms with E-state index in [1.54, 1.807) is 0 Å². The lowest BCUT2D eigenvalue weighted by Gasteiger charge is -2.36. The van der Waals surface area contributed by atoms with E-state index < -0.39 is 217 Å². The van der Waals surface area contributed by atoms with Gasteiger partial charge in [-0.3, -0.25) is 9.98 Å². The largest absolute Gasteiger partial charge is 0.358 e. The molecule has 2 spiro atoms. The topological polar surface area (TPSA) is 81.0 Å². The molecule has 0 radical (unpaired) electrons. The van der Waals surface area contributed by atoms with E-state index in [1.165, 1.54) is 24.3 Å². The van der Waals surface area contributed by atoms with Crippen molar-refractivity contribution in [3.63, 3.8) is 0 Å². The third-order valence-corrected chi connectivity index (χ3v) is 17.3. The summed E-state index contributed by atoms with van der Waals surface area (Å²) >= 11 is 0. The second-order valence-electron chi connectivity index (χ2n) is 22.0. The van der Waals surface area contributed by atoms with Crippen LogP contribution in [0.2, 0.25) is 0 Å². The summed E-state index contributed by atoms with van der Waals surface area (Å²) in [5.41, 5.74) is -19.0. The van der Waals surface area contributed by atoms with Crippen LogP contribution in [-0.4, -0.2) is 32.8 Å². The molecular weight excluding hydrogens is 1230 g/mol. The van der Waals surface area contributed by atoms with Crippen molar-refractivity contribution in [1.82, 2.24) is 9.97 Å². The van der Waals surface area contributed by atoms with Gasteiger partial charge in [-0.25, -0.2) is 97.8 Å². The Morgan fingerprint density at radius 2 is 0.511 bits per heavy atom. The van der Waals surface area contributed by atoms with Crippen molar-refractivity contribution in [2.75, 3.05) is 0 Å². The van der Waals surface area contributed by atoms with Gasteiger partial charge in [-0.1, -0.05) is 38.5 Å². The average Bonchev–Trinajstić information content (AvgIpc) is 1.62. The Balaban J connectivity index is 1.17. The van der Waals surface area contributed by atoms with Gasteiger partial charge in [0.1, 0.15) is 0 Å². The Kier molecular flexibility index (Phi) is 14.4. The molecule has 13 rings (SSSR count). The number of benzene rings is 4. The minimum atomic E-state index is -2.60. The summed E-state index contributed by atoms with van der Waals surface area (Å²) in [6.45, 7) is 0. The number of nitrogens with one attached hydrogen (secondary N) is 2. The van der Waals surface area contributed by atoms with Crippen molar-refractivity contribution in [2.24, 2.45) is 25.4 Å². The number of hydrogen-bond acceptors (Lipinski definition) is 4. The molecule has 6 aromatic rings. The number of fused-ring (bicyclic) bond motifs is 12. The van der Waals surface area contributed by atoms with Crippen LogP contribution in [0.5, 0.6) is 0 Å². The molecule has 0 saturated heterocycles. The average molecular weight is 1270 g/mol. The molecule has 0 amide bonds. The number of allylic oxidation sites excluding steroid dienone is 10. The molecule has 26 heteroatoms. The van der Waals surface area contributed by atoms with Crippen molar-refractivity contribution in [3.05, 3.63) is 257 Å². The minimum Gasteiger partial charge on any atom is -0.358 e. The molecule has 6 nitrogen and oxygen atoms in total. The Bertz CT molecular complexity index is 4260. The number of aromatic nitrogens is 2. The standard InChI is InChI=1S/C64H34F20N6/c65-43-39(44(66)52(74)59(81)51(43)73)35-23-7-9-25(85-23)37(41-47(69)55(77)61(83)56(78)48(41)70)29-13-17-33(89-29)64(21-5-2-6-22-64)34-18-14-30(90-34)38(42-49(71)57(79)62(84)58(80)50(42)72)26-10-8-24(86-26)36(40-45(67)53(75)60(82)54(76)46(40)68)28-12-16-32(88-28)63(19-3-1-4-20-63)31-15-11-27(35)87-31/h7-18,87-88H,1-6,19-22H2/b35-23+,36-24+,37-29-,38-30+. The van der Waals surface area contributed by atoms with Crippen LogP contribution in [0.25, 0.3) is 22.3 Å². The van der Waals surface area contributed by atoms with Gasteiger partial charge in [0.25, 0.3) is 0 Å². The molecule has 7 heterocycles. The fourth-order valence-electron chi connectivity index (χ4n) is 13.0. The van der Waals surface area contributed by atoms with Crippen LogP contribution in [0, 0.1) is 122 Å². The first-order chi connectivity index (χ1) is 42.9. The highest BCUT2D eigenvalue weighted by Gasteiger charge is 2.46. The van der Waals surface area contributed by atoms with E-state index in [-0.39, 0.29) is 48.5 Å². The zero-order valence-electron chi connectivity index (χ0n) is 45.3. The lowest BCUT2D eigenvalue weighted by Crippen LogP contribution is -2.38. The van der Waals surface area contributed by atoms with Gasteiger partial charge in [0.05, 0.1) is 78.7 Å². The van der Waals surface area contributed by atoms with E-state index in [1.807, 2.05) is 0 Å². The molecule has 0 atom stereocenters. The van der Waals surface area contributed by atoms with Crippen molar-refractivity contribution in [1.29, 1.82) is 0 Å². The summed E-state index contributed by atoms with van der Waals surface area (Å²) in [6.07, 6.45) is 10.5. The van der Waals surface area contributed by atoms with Gasteiger partial charge in [-0.05, 0) is 98.6 Å². The summed E-state index contributed by atoms with van der Waals surface area (Å²) in [4.78, 5) is 23.9. The fraction of sp³-hybridized carbons (Fsp3) is 0.188. The second kappa shape index (κ2) is 21.7. The summed E-state index contributed by atoms with van der Waals surface area (Å²) in [6, 6.07) is 4.79. The van der Waals surface area contributed by atoms with Gasteiger partial charge in [0.15, 0.2) is 93.1 Å². The highest BCUT2D eigenvalue weighted by atomic mass is 19.2. The SMILES string of the molecule is Fc1c(F)c(F)c(/C2=C3\C=CC(=N3)C3(CCCCC3)C3=N/C(=C(\c4c(F)c(F)c(F)c(F)c4F)C4=N/C(=C(/c5c(F)c(F)c(F)c(F)c5F)c5ccc([nH]5)C5(CCCCC5)c5ccc([nH]5)/C(c5c(F)c(F)c(F)c(F)c5F)=C5/C=CC2=N5)C=C4)C=C3)c(F)c1F. The highest BCUT2D eigenvalue weighted by molar-refractivity contribution is 6.34. The first-order valence-electron chi connectivity index (χ1n) is 27.4. The zero-order valence-corrected chi connectivity index (χ0v) is 45.3. The van der Waals surface area contributed by atoms with Gasteiger partial charge in [0.2, 0.25) is 23.3 Å². The number of H-pyrrole nitrogens is 2. The van der Waals surface area contributed by atoms with E-state index >= 15 is 70.2 Å². The Morgan fingerprint density at radius 1 is 0.256 bits per heavy atom. The van der Waals surface area contributed by atoms with E-state index in [0.717, 1.165) is 48.6 Å². The van der Waals surface area contributed by atoms with Crippen LogP contribution in [-0.2, 0) is 5.41 Å². The zero-order chi connectivity index (χ0) is 63.9. The van der Waals surface area contributed by atoms with Crippen molar-refractivity contribution in [2.45, 2.75) is 69.6 Å². The fourth-order valence-corrected chi connectivity index (χ4v) is 13.0. The molecule has 7 aliphatic rings. The molecule has 2 aliphatic carbocycles. The predicted molar refractivity (Wildman–Crippen MR) is 288 cm³/mol. The maximum Gasteiger partial charge on any atom is 0.200 e. The van der Waals surface area contributed by atoms with Crippen LogP contribution in [0.4, 0.5) is 87.8 Å². The second-order valence-corrected chi connectivity index (χ2v) is 22.0. The molecule has 90 heavy (non-hydrogen) atoms. The van der Waals surface area contributed by atoms with Crippen molar-refractivity contribution < 1.29 is 87.8 Å².